The minimum absolute atomic E-state index is 0.300. The van der Waals surface area contributed by atoms with Crippen molar-refractivity contribution in [2.45, 2.75) is 0 Å². The molecule has 0 unspecified atom stereocenters. The number of nitrogens with zero attached hydrogens (tertiary/aromatic N) is 1. The molecule has 5 nitrogen and oxygen atoms in total. The first-order valence-electron chi connectivity index (χ1n) is 6.53. The molecule has 0 spiro atoms. The fourth-order valence-electron chi connectivity index (χ4n) is 2.34. The fraction of sp³-hybridized carbons (Fsp3) is 0. The molecule has 110 valence electrons. The SMILES string of the molecule is NNC(=O)c1cn(C(=O)c2ccc(F)cc2)c2ccccc12. The third-order valence-electron chi connectivity index (χ3n) is 3.40. The first-order chi connectivity index (χ1) is 10.6. The predicted octanol–water partition coefficient (Wildman–Crippen LogP) is 2.07. The van der Waals surface area contributed by atoms with Gasteiger partial charge < -0.3 is 0 Å². The van der Waals surface area contributed by atoms with E-state index in [9.17, 15) is 14.0 Å². The third kappa shape index (κ3) is 2.25. The van der Waals surface area contributed by atoms with Gasteiger partial charge in [0.15, 0.2) is 0 Å². The Morgan fingerprint density at radius 1 is 1.05 bits per heavy atom. The number of carbonyl (C=O) groups excluding carboxylic acids is 2. The number of rotatable bonds is 2. The van der Waals surface area contributed by atoms with Gasteiger partial charge in [-0.25, -0.2) is 10.2 Å². The lowest BCUT2D eigenvalue weighted by Gasteiger charge is -2.03. The highest BCUT2D eigenvalue weighted by Crippen LogP contribution is 2.22. The van der Waals surface area contributed by atoms with E-state index in [0.717, 1.165) is 0 Å². The topological polar surface area (TPSA) is 77.1 Å². The third-order valence-corrected chi connectivity index (χ3v) is 3.40. The zero-order chi connectivity index (χ0) is 15.7. The van der Waals surface area contributed by atoms with Crippen molar-refractivity contribution >= 4 is 22.7 Å². The van der Waals surface area contributed by atoms with Crippen LogP contribution in [0.2, 0.25) is 0 Å². The van der Waals surface area contributed by atoms with Crippen molar-refractivity contribution in [3.63, 3.8) is 0 Å². The van der Waals surface area contributed by atoms with Crippen molar-refractivity contribution in [2.24, 2.45) is 5.84 Å². The number of hydrazine groups is 1. The summed E-state index contributed by atoms with van der Waals surface area (Å²) in [7, 11) is 0. The largest absolute Gasteiger partial charge is 0.290 e. The summed E-state index contributed by atoms with van der Waals surface area (Å²) >= 11 is 0. The lowest BCUT2D eigenvalue weighted by atomic mass is 10.1. The number of benzene rings is 2. The van der Waals surface area contributed by atoms with Gasteiger partial charge in [-0.1, -0.05) is 18.2 Å². The number of nitrogens with one attached hydrogen (secondary N) is 1. The summed E-state index contributed by atoms with van der Waals surface area (Å²) in [5, 5.41) is 0.612. The Morgan fingerprint density at radius 2 is 1.73 bits per heavy atom. The summed E-state index contributed by atoms with van der Waals surface area (Å²) in [6, 6.07) is 12.2. The molecule has 3 rings (SSSR count). The highest BCUT2D eigenvalue weighted by atomic mass is 19.1. The van der Waals surface area contributed by atoms with Gasteiger partial charge in [-0.2, -0.15) is 0 Å². The number of nitrogens with two attached hydrogens (primary N) is 1. The van der Waals surface area contributed by atoms with Gasteiger partial charge in [0.05, 0.1) is 11.1 Å². The summed E-state index contributed by atoms with van der Waals surface area (Å²) in [5.41, 5.74) is 3.26. The van der Waals surface area contributed by atoms with Gasteiger partial charge in [0.25, 0.3) is 11.8 Å². The molecule has 0 aliphatic rings. The average molecular weight is 297 g/mol. The number of aromatic nitrogens is 1. The van der Waals surface area contributed by atoms with Gasteiger partial charge >= 0.3 is 0 Å². The molecule has 1 amide bonds. The Kier molecular flexibility index (Phi) is 3.44. The Labute approximate surface area is 125 Å². The second-order valence-electron chi connectivity index (χ2n) is 4.72. The minimum Gasteiger partial charge on any atom is -0.290 e. The van der Waals surface area contributed by atoms with Gasteiger partial charge in [-0.05, 0) is 30.3 Å². The summed E-state index contributed by atoms with van der Waals surface area (Å²) < 4.78 is 14.3. The molecular weight excluding hydrogens is 285 g/mol. The Morgan fingerprint density at radius 3 is 2.41 bits per heavy atom. The van der Waals surface area contributed by atoms with E-state index in [0.29, 0.717) is 22.0 Å². The van der Waals surface area contributed by atoms with Crippen molar-refractivity contribution in [1.82, 2.24) is 9.99 Å². The maximum atomic E-state index is 13.0. The number of halogens is 1. The lowest BCUT2D eigenvalue weighted by molar-refractivity contribution is 0.0955. The first-order valence-corrected chi connectivity index (χ1v) is 6.53. The van der Waals surface area contributed by atoms with Gasteiger partial charge in [-0.15, -0.1) is 0 Å². The van der Waals surface area contributed by atoms with E-state index in [-0.39, 0.29) is 5.91 Å². The number of amides is 1. The van der Waals surface area contributed by atoms with Gasteiger partial charge in [0, 0.05) is 17.1 Å². The Hall–Kier alpha value is -2.99. The minimum atomic E-state index is -0.484. The number of fused-ring (bicyclic) bond motifs is 1. The molecule has 3 aromatic rings. The molecule has 0 saturated carbocycles. The molecule has 0 fully saturated rings. The van der Waals surface area contributed by atoms with E-state index in [1.165, 1.54) is 35.0 Å². The molecular formula is C16H12FN3O2. The first kappa shape index (κ1) is 14.0. The van der Waals surface area contributed by atoms with Crippen LogP contribution >= 0.6 is 0 Å². The lowest BCUT2D eigenvalue weighted by Crippen LogP contribution is -2.29. The van der Waals surface area contributed by atoms with Crippen LogP contribution < -0.4 is 11.3 Å². The van der Waals surface area contributed by atoms with E-state index in [1.807, 2.05) is 0 Å². The van der Waals surface area contributed by atoms with E-state index in [1.54, 1.807) is 24.3 Å². The number of nitrogen functional groups attached to an aromatic ring is 1. The number of hydrogen-bond donors (Lipinski definition) is 2. The monoisotopic (exact) mass is 297 g/mol. The van der Waals surface area contributed by atoms with E-state index >= 15 is 0 Å². The molecule has 0 saturated heterocycles. The molecule has 22 heavy (non-hydrogen) atoms. The quantitative estimate of drug-likeness (QED) is 0.432. The zero-order valence-corrected chi connectivity index (χ0v) is 11.4. The van der Waals surface area contributed by atoms with Crippen LogP contribution in [0.15, 0.2) is 54.7 Å². The van der Waals surface area contributed by atoms with Crippen molar-refractivity contribution in [3.05, 3.63) is 71.7 Å². The van der Waals surface area contributed by atoms with E-state index in [2.05, 4.69) is 5.43 Å². The molecule has 0 aliphatic heterocycles. The summed E-state index contributed by atoms with van der Waals surface area (Å²) in [6.45, 7) is 0. The summed E-state index contributed by atoms with van der Waals surface area (Å²) in [6.07, 6.45) is 1.43. The highest BCUT2D eigenvalue weighted by Gasteiger charge is 2.18. The van der Waals surface area contributed by atoms with Crippen LogP contribution in [-0.2, 0) is 0 Å². The molecule has 0 atom stereocenters. The molecule has 1 heterocycles. The molecule has 0 bridgehead atoms. The van der Waals surface area contributed by atoms with Crippen molar-refractivity contribution in [1.29, 1.82) is 0 Å². The molecule has 0 radical (unpaired) electrons. The fourth-order valence-corrected chi connectivity index (χ4v) is 2.34. The number of para-hydroxylation sites is 1. The molecule has 3 N–H and O–H groups in total. The van der Waals surface area contributed by atoms with Crippen molar-refractivity contribution in [2.75, 3.05) is 0 Å². The standard InChI is InChI=1S/C16H12FN3O2/c17-11-7-5-10(6-8-11)16(22)20-9-13(15(21)19-18)12-3-1-2-4-14(12)20/h1-9H,18H2,(H,19,21). The summed E-state index contributed by atoms with van der Waals surface area (Å²) in [4.78, 5) is 24.4. The Balaban J connectivity index is 2.16. The second kappa shape index (κ2) is 5.42. The normalized spacial score (nSPS) is 10.6. The van der Waals surface area contributed by atoms with Crippen LogP contribution in [0.25, 0.3) is 10.9 Å². The summed E-state index contributed by atoms with van der Waals surface area (Å²) in [5.74, 6) is 3.91. The van der Waals surface area contributed by atoms with Crippen LogP contribution in [-0.4, -0.2) is 16.4 Å². The van der Waals surface area contributed by atoms with E-state index < -0.39 is 11.7 Å². The predicted molar refractivity (Wildman–Crippen MR) is 79.7 cm³/mol. The Bertz CT molecular complexity index is 869. The molecule has 0 aliphatic carbocycles. The van der Waals surface area contributed by atoms with E-state index in [4.69, 9.17) is 5.84 Å². The number of carbonyl (C=O) groups is 2. The number of hydrogen-bond acceptors (Lipinski definition) is 3. The van der Waals surface area contributed by atoms with Crippen LogP contribution in [0.5, 0.6) is 0 Å². The highest BCUT2D eigenvalue weighted by molar-refractivity contribution is 6.11. The molecule has 1 aromatic heterocycles. The maximum Gasteiger partial charge on any atom is 0.267 e. The second-order valence-corrected chi connectivity index (χ2v) is 4.72. The van der Waals surface area contributed by atoms with Crippen molar-refractivity contribution in [3.8, 4) is 0 Å². The zero-order valence-electron chi connectivity index (χ0n) is 11.4. The average Bonchev–Trinajstić information content (AvgIpc) is 2.94. The smallest absolute Gasteiger partial charge is 0.267 e. The van der Waals surface area contributed by atoms with Gasteiger partial charge in [0.2, 0.25) is 0 Å². The molecule has 6 heteroatoms. The van der Waals surface area contributed by atoms with Crippen LogP contribution in [0, 0.1) is 5.82 Å². The van der Waals surface area contributed by atoms with Crippen LogP contribution in [0.3, 0.4) is 0 Å². The van der Waals surface area contributed by atoms with Crippen LogP contribution in [0.4, 0.5) is 4.39 Å². The van der Waals surface area contributed by atoms with Gasteiger partial charge in [0.1, 0.15) is 5.82 Å². The van der Waals surface area contributed by atoms with Gasteiger partial charge in [-0.3, -0.25) is 19.6 Å². The van der Waals surface area contributed by atoms with Crippen molar-refractivity contribution < 1.29 is 14.0 Å². The maximum absolute atomic E-state index is 13.0. The molecule has 2 aromatic carbocycles. The van der Waals surface area contributed by atoms with Crippen LogP contribution in [0.1, 0.15) is 20.7 Å².